The lowest BCUT2D eigenvalue weighted by molar-refractivity contribution is -0.125. The van der Waals surface area contributed by atoms with Crippen molar-refractivity contribution in [3.05, 3.63) is 0 Å². The summed E-state index contributed by atoms with van der Waals surface area (Å²) in [5.74, 6) is 1.15. The molecule has 21 heavy (non-hydrogen) atoms. The molecule has 1 aliphatic rings. The Morgan fingerprint density at radius 3 is 2.52 bits per heavy atom. The van der Waals surface area contributed by atoms with Crippen LogP contribution in [-0.4, -0.2) is 51.8 Å². The number of methoxy groups -OCH3 is 1. The summed E-state index contributed by atoms with van der Waals surface area (Å²) < 4.78 is 5.07. The summed E-state index contributed by atoms with van der Waals surface area (Å²) in [6, 6.07) is 0.193. The zero-order valence-corrected chi connectivity index (χ0v) is 13.6. The van der Waals surface area contributed by atoms with Crippen molar-refractivity contribution < 1.29 is 9.53 Å². The van der Waals surface area contributed by atoms with Crippen LogP contribution in [0, 0.1) is 5.92 Å². The van der Waals surface area contributed by atoms with Crippen molar-refractivity contribution in [3.63, 3.8) is 0 Å². The highest BCUT2D eigenvalue weighted by Gasteiger charge is 2.20. The number of amides is 1. The molecule has 3 N–H and O–H groups in total. The van der Waals surface area contributed by atoms with Crippen molar-refractivity contribution >= 4 is 11.9 Å². The van der Waals surface area contributed by atoms with Crippen molar-refractivity contribution in [3.8, 4) is 0 Å². The second kappa shape index (κ2) is 10.4. The van der Waals surface area contributed by atoms with Gasteiger partial charge in [0.15, 0.2) is 5.96 Å². The molecule has 0 aliphatic heterocycles. The van der Waals surface area contributed by atoms with E-state index in [2.05, 4.69) is 20.9 Å². The molecule has 1 aliphatic carbocycles. The van der Waals surface area contributed by atoms with Gasteiger partial charge in [0.2, 0.25) is 5.91 Å². The third-order valence-electron chi connectivity index (χ3n) is 3.72. The molecule has 0 aromatic heterocycles. The van der Waals surface area contributed by atoms with E-state index in [1.807, 2.05) is 6.92 Å². The van der Waals surface area contributed by atoms with Crippen LogP contribution in [0.1, 0.15) is 39.0 Å². The fourth-order valence-corrected chi connectivity index (χ4v) is 2.60. The number of guanidine groups is 1. The highest BCUT2D eigenvalue weighted by Crippen LogP contribution is 2.23. The van der Waals surface area contributed by atoms with Crippen LogP contribution in [0.3, 0.4) is 0 Å². The second-order valence-electron chi connectivity index (χ2n) is 5.63. The fraction of sp³-hybridized carbons (Fsp3) is 0.867. The summed E-state index contributed by atoms with van der Waals surface area (Å²) in [6.07, 6.45) is 5.72. The summed E-state index contributed by atoms with van der Waals surface area (Å²) >= 11 is 0. The second-order valence-corrected chi connectivity index (χ2v) is 5.63. The van der Waals surface area contributed by atoms with Crippen LogP contribution in [0.4, 0.5) is 0 Å². The quantitative estimate of drug-likeness (QED) is 0.371. The van der Waals surface area contributed by atoms with Crippen LogP contribution < -0.4 is 16.0 Å². The molecule has 6 heteroatoms. The number of hydrogen-bond donors (Lipinski definition) is 3. The average molecular weight is 298 g/mol. The average Bonchev–Trinajstić information content (AvgIpc) is 2.51. The standard InChI is InChI=1S/C15H30N4O2/c1-12(11-21-3)19-15(16-2)18-10-9-17-14(20)13-7-5-4-6-8-13/h12-13H,4-11H2,1-3H3,(H,17,20)(H2,16,18,19). The van der Waals surface area contributed by atoms with Gasteiger partial charge in [-0.15, -0.1) is 0 Å². The molecule has 0 saturated heterocycles. The molecule has 0 radical (unpaired) electrons. The molecule has 1 amide bonds. The Hall–Kier alpha value is -1.30. The van der Waals surface area contributed by atoms with Gasteiger partial charge in [-0.05, 0) is 19.8 Å². The van der Waals surface area contributed by atoms with Gasteiger partial charge in [0.05, 0.1) is 6.61 Å². The summed E-state index contributed by atoms with van der Waals surface area (Å²) in [5.41, 5.74) is 0. The van der Waals surface area contributed by atoms with E-state index in [1.165, 1.54) is 19.3 Å². The van der Waals surface area contributed by atoms with Gasteiger partial charge < -0.3 is 20.7 Å². The predicted octanol–water partition coefficient (Wildman–Crippen LogP) is 0.883. The molecular formula is C15H30N4O2. The van der Waals surface area contributed by atoms with E-state index in [1.54, 1.807) is 14.2 Å². The third kappa shape index (κ3) is 7.32. The maximum atomic E-state index is 12.0. The van der Waals surface area contributed by atoms with Crippen LogP contribution in [0.5, 0.6) is 0 Å². The van der Waals surface area contributed by atoms with Crippen molar-refractivity contribution in [2.45, 2.75) is 45.1 Å². The largest absolute Gasteiger partial charge is 0.383 e. The number of rotatable bonds is 7. The molecule has 1 atom stereocenters. The number of aliphatic imine (C=N–C) groups is 1. The first-order chi connectivity index (χ1) is 10.2. The number of nitrogens with zero attached hydrogens (tertiary/aromatic N) is 1. The molecule has 1 fully saturated rings. The van der Waals surface area contributed by atoms with Gasteiger partial charge in [-0.1, -0.05) is 19.3 Å². The number of hydrogen-bond acceptors (Lipinski definition) is 3. The van der Waals surface area contributed by atoms with E-state index in [4.69, 9.17) is 4.74 Å². The summed E-state index contributed by atoms with van der Waals surface area (Å²) in [4.78, 5) is 16.1. The SMILES string of the molecule is CN=C(NCCNC(=O)C1CCCCC1)NC(C)COC. The molecule has 0 aromatic rings. The number of carbonyl (C=O) groups is 1. The lowest BCUT2D eigenvalue weighted by Crippen LogP contribution is -2.46. The Morgan fingerprint density at radius 2 is 1.90 bits per heavy atom. The first-order valence-electron chi connectivity index (χ1n) is 7.91. The van der Waals surface area contributed by atoms with Crippen LogP contribution in [0.2, 0.25) is 0 Å². The zero-order valence-electron chi connectivity index (χ0n) is 13.6. The molecular weight excluding hydrogens is 268 g/mol. The Bertz CT molecular complexity index is 328. The topological polar surface area (TPSA) is 74.8 Å². The Morgan fingerprint density at radius 1 is 1.24 bits per heavy atom. The Kier molecular flexibility index (Phi) is 8.82. The van der Waals surface area contributed by atoms with E-state index in [0.717, 1.165) is 18.8 Å². The highest BCUT2D eigenvalue weighted by molar-refractivity contribution is 5.80. The number of carbonyl (C=O) groups excluding carboxylic acids is 1. The Balaban J connectivity index is 2.15. The van der Waals surface area contributed by atoms with Crippen LogP contribution in [0.25, 0.3) is 0 Å². The summed E-state index contributed by atoms with van der Waals surface area (Å²) in [6.45, 7) is 3.94. The monoisotopic (exact) mass is 298 g/mol. The van der Waals surface area contributed by atoms with Crippen LogP contribution in [0.15, 0.2) is 4.99 Å². The molecule has 0 heterocycles. The van der Waals surface area contributed by atoms with Crippen molar-refractivity contribution in [2.75, 3.05) is 33.9 Å². The van der Waals surface area contributed by atoms with Gasteiger partial charge in [0, 0.05) is 39.2 Å². The molecule has 1 rings (SSSR count). The van der Waals surface area contributed by atoms with Crippen molar-refractivity contribution in [1.82, 2.24) is 16.0 Å². The van der Waals surface area contributed by atoms with Gasteiger partial charge >= 0.3 is 0 Å². The molecule has 0 aromatic carbocycles. The van der Waals surface area contributed by atoms with Gasteiger partial charge in [0.25, 0.3) is 0 Å². The molecule has 0 spiro atoms. The first kappa shape index (κ1) is 17.8. The minimum absolute atomic E-state index is 0.193. The van der Waals surface area contributed by atoms with E-state index < -0.39 is 0 Å². The van der Waals surface area contributed by atoms with Gasteiger partial charge in [-0.2, -0.15) is 0 Å². The van der Waals surface area contributed by atoms with Gasteiger partial charge in [-0.3, -0.25) is 9.79 Å². The zero-order chi connectivity index (χ0) is 15.5. The molecule has 122 valence electrons. The van der Waals surface area contributed by atoms with Crippen LogP contribution >= 0.6 is 0 Å². The van der Waals surface area contributed by atoms with Gasteiger partial charge in [0.1, 0.15) is 0 Å². The number of ether oxygens (including phenoxy) is 1. The third-order valence-corrected chi connectivity index (χ3v) is 3.72. The fourth-order valence-electron chi connectivity index (χ4n) is 2.60. The normalized spacial score (nSPS) is 18.1. The predicted molar refractivity (Wildman–Crippen MR) is 85.4 cm³/mol. The maximum Gasteiger partial charge on any atom is 0.223 e. The molecule has 6 nitrogen and oxygen atoms in total. The Labute approximate surface area is 128 Å². The molecule has 1 unspecified atom stereocenters. The van der Waals surface area contributed by atoms with E-state index in [0.29, 0.717) is 19.7 Å². The molecule has 0 bridgehead atoms. The first-order valence-corrected chi connectivity index (χ1v) is 7.91. The van der Waals surface area contributed by atoms with Crippen molar-refractivity contribution in [1.29, 1.82) is 0 Å². The van der Waals surface area contributed by atoms with E-state index >= 15 is 0 Å². The molecule has 1 saturated carbocycles. The smallest absolute Gasteiger partial charge is 0.223 e. The van der Waals surface area contributed by atoms with Crippen LogP contribution in [-0.2, 0) is 9.53 Å². The maximum absolute atomic E-state index is 12.0. The summed E-state index contributed by atoms with van der Waals surface area (Å²) in [5, 5.41) is 9.41. The minimum Gasteiger partial charge on any atom is -0.383 e. The minimum atomic E-state index is 0.193. The van der Waals surface area contributed by atoms with E-state index in [-0.39, 0.29) is 17.9 Å². The lowest BCUT2D eigenvalue weighted by atomic mass is 9.89. The van der Waals surface area contributed by atoms with E-state index in [9.17, 15) is 4.79 Å². The highest BCUT2D eigenvalue weighted by atomic mass is 16.5. The summed E-state index contributed by atoms with van der Waals surface area (Å²) in [7, 11) is 3.41. The number of nitrogens with one attached hydrogen (secondary N) is 3. The van der Waals surface area contributed by atoms with Gasteiger partial charge in [-0.25, -0.2) is 0 Å². The van der Waals surface area contributed by atoms with Crippen molar-refractivity contribution in [2.24, 2.45) is 10.9 Å². The lowest BCUT2D eigenvalue weighted by Gasteiger charge is -2.21.